The van der Waals surface area contributed by atoms with E-state index in [4.69, 9.17) is 0 Å². The quantitative estimate of drug-likeness (QED) is 0.119. The first-order valence-corrected chi connectivity index (χ1v) is 36.5. The van der Waals surface area contributed by atoms with Crippen LogP contribution in [0, 0.1) is 0 Å². The summed E-state index contributed by atoms with van der Waals surface area (Å²) in [5, 5.41) is 14.5. The molecule has 5 N–H and O–H groups in total. The summed E-state index contributed by atoms with van der Waals surface area (Å²) in [6.45, 7) is 50.3. The summed E-state index contributed by atoms with van der Waals surface area (Å²) >= 11 is 0. The predicted octanol–water partition coefficient (Wildman–Crippen LogP) is 20.2. The van der Waals surface area contributed by atoms with Crippen molar-refractivity contribution in [3.05, 3.63) is 189 Å². The third-order valence-corrected chi connectivity index (χ3v) is 21.2. The van der Waals surface area contributed by atoms with E-state index in [1.54, 1.807) is 49.5 Å². The molecule has 14 heteroatoms. The van der Waals surface area contributed by atoms with Gasteiger partial charge >= 0.3 is 6.18 Å². The zero-order valence-corrected chi connectivity index (χ0v) is 65.1. The number of fused-ring (bicyclic) bond motifs is 8. The van der Waals surface area contributed by atoms with Crippen LogP contribution in [0.2, 0.25) is 0 Å². The molecule has 6 heterocycles. The fourth-order valence-electron chi connectivity index (χ4n) is 13.8. The van der Waals surface area contributed by atoms with Gasteiger partial charge in [-0.3, -0.25) is 19.0 Å². The lowest BCUT2D eigenvalue weighted by Crippen LogP contribution is -2.38. The molecular formula is C87H117F3N8O3. The maximum absolute atomic E-state index is 12.7. The van der Waals surface area contributed by atoms with Gasteiger partial charge in [0, 0.05) is 108 Å². The molecule has 0 bridgehead atoms. The molecule has 2 spiro atoms. The van der Waals surface area contributed by atoms with E-state index < -0.39 is 11.7 Å². The van der Waals surface area contributed by atoms with Gasteiger partial charge in [-0.15, -0.1) is 0 Å². The van der Waals surface area contributed by atoms with Crippen molar-refractivity contribution in [1.29, 1.82) is 0 Å². The third kappa shape index (κ3) is 18.0. The van der Waals surface area contributed by atoms with Crippen LogP contribution in [-0.4, -0.2) is 85.5 Å². The van der Waals surface area contributed by atoms with E-state index in [1.807, 2.05) is 37.8 Å². The molecule has 2 amide bonds. The number of H-pyrrole nitrogens is 1. The third-order valence-electron chi connectivity index (χ3n) is 21.2. The minimum Gasteiger partial charge on any atom is -0.384 e. The highest BCUT2D eigenvalue weighted by Gasteiger charge is 2.53. The molecule has 14 rings (SSSR count). The Kier molecular flexibility index (Phi) is 21.8. The van der Waals surface area contributed by atoms with Gasteiger partial charge in [-0.2, -0.15) is 13.2 Å². The van der Waals surface area contributed by atoms with Crippen molar-refractivity contribution < 1.29 is 27.6 Å². The number of hydrogen-bond donors (Lipinski definition) is 5. The summed E-state index contributed by atoms with van der Waals surface area (Å²) in [6, 6.07) is 40.6. The molecule has 0 unspecified atom stereocenters. The highest BCUT2D eigenvalue weighted by molar-refractivity contribution is 5.96. The number of likely N-dealkylation sites (N-methyl/N-ethyl adjacent to an activating group) is 2. The number of hydrogen-bond acceptors (Lipinski definition) is 7. The summed E-state index contributed by atoms with van der Waals surface area (Å²) in [7, 11) is 3.35. The van der Waals surface area contributed by atoms with Crippen molar-refractivity contribution in [3.8, 4) is 0 Å². The van der Waals surface area contributed by atoms with Crippen molar-refractivity contribution in [3.63, 3.8) is 0 Å². The summed E-state index contributed by atoms with van der Waals surface area (Å²) < 4.78 is 39.6. The van der Waals surface area contributed by atoms with E-state index >= 15 is 0 Å². The number of anilines is 4. The second-order valence-electron chi connectivity index (χ2n) is 36.2. The number of benzene rings is 6. The van der Waals surface area contributed by atoms with Gasteiger partial charge in [0.25, 0.3) is 5.91 Å². The Balaban J connectivity index is 0.000000142. The van der Waals surface area contributed by atoms with Crippen LogP contribution in [0.3, 0.4) is 0 Å². The number of alkyl halides is 3. The zero-order valence-electron chi connectivity index (χ0n) is 65.1. The van der Waals surface area contributed by atoms with Gasteiger partial charge in [-0.1, -0.05) is 211 Å². The first-order valence-electron chi connectivity index (χ1n) is 36.5. The van der Waals surface area contributed by atoms with Crippen LogP contribution in [0.15, 0.2) is 128 Å². The van der Waals surface area contributed by atoms with Crippen LogP contribution in [0.4, 0.5) is 35.9 Å². The van der Waals surface area contributed by atoms with E-state index in [0.717, 1.165) is 54.5 Å². The first kappa shape index (κ1) is 77.3. The smallest absolute Gasteiger partial charge is 0.384 e. The lowest BCUT2D eigenvalue weighted by atomic mass is 9.82. The second kappa shape index (κ2) is 28.4. The average Bonchev–Trinajstić information content (AvgIpc) is 1.57. The van der Waals surface area contributed by atoms with Gasteiger partial charge in [0.15, 0.2) is 0 Å². The minimum atomic E-state index is -4.30. The molecule has 2 fully saturated rings. The van der Waals surface area contributed by atoms with Crippen LogP contribution in [-0.2, 0) is 70.9 Å². The molecule has 2 aromatic heterocycles. The molecule has 2 saturated carbocycles. The largest absolute Gasteiger partial charge is 0.418 e. The number of aromatic nitrogens is 2. The fourth-order valence-corrected chi connectivity index (χ4v) is 13.8. The second-order valence-corrected chi connectivity index (χ2v) is 36.2. The molecule has 11 nitrogen and oxygen atoms in total. The number of nitrogens with zero attached hydrogens (tertiary/aromatic N) is 3. The predicted molar refractivity (Wildman–Crippen MR) is 417 cm³/mol. The SMILES string of the molecule is CC(=O)N1CC2(CC2)c2ccc(C(C)(C)C)cc21.CC(C)(C)c1ccc2c(C(F)(F)F)c[nH]c2c1.CC(C)(C)c1ccc2c(c1)NCC2.CC(C)(C)c1ccc2c(c1)NCC2(C)C.CC(C)(C)c1ccc2c(c1)NCC21CC1.CNCC(=O)N(C)CC(=O)n1ccc2ccc(C(C)(C)C)cc21. The highest BCUT2D eigenvalue weighted by Crippen LogP contribution is 2.57. The van der Waals surface area contributed by atoms with Crippen LogP contribution >= 0.6 is 0 Å². The van der Waals surface area contributed by atoms with Crippen molar-refractivity contribution in [2.24, 2.45) is 0 Å². The van der Waals surface area contributed by atoms with Crippen LogP contribution < -0.4 is 26.2 Å². The number of aromatic amines is 1. The number of carbonyl (C=O) groups excluding carboxylic acids is 3. The van der Waals surface area contributed by atoms with E-state index in [0.29, 0.717) is 16.3 Å². The number of nitrogens with one attached hydrogen (secondary N) is 5. The van der Waals surface area contributed by atoms with Gasteiger partial charge in [0.05, 0.1) is 17.6 Å². The fraction of sp³-hybridized carbons (Fsp3) is 0.506. The van der Waals surface area contributed by atoms with E-state index in [9.17, 15) is 27.6 Å². The molecule has 101 heavy (non-hydrogen) atoms. The number of halogens is 3. The molecular weight excluding hydrogens is 1260 g/mol. The van der Waals surface area contributed by atoms with Gasteiger partial charge in [-0.05, 0) is 170 Å². The molecule has 0 atom stereocenters. The lowest BCUT2D eigenvalue weighted by molar-refractivity contribution is -0.136. The number of carbonyl (C=O) groups is 3. The topological polar surface area (TPSA) is 127 Å². The molecule has 2 aliphatic carbocycles. The summed E-state index contributed by atoms with van der Waals surface area (Å²) in [5.41, 5.74) is 21.6. The number of amides is 2. The average molecular weight is 1380 g/mol. The van der Waals surface area contributed by atoms with Crippen molar-refractivity contribution in [2.75, 3.05) is 74.2 Å². The summed E-state index contributed by atoms with van der Waals surface area (Å²) in [4.78, 5) is 42.3. The van der Waals surface area contributed by atoms with Gasteiger partial charge in [-0.25, -0.2) is 0 Å². The molecule has 0 saturated heterocycles. The Morgan fingerprint density at radius 1 is 0.545 bits per heavy atom. The summed E-state index contributed by atoms with van der Waals surface area (Å²) in [6.07, 6.45) is 4.90. The van der Waals surface area contributed by atoms with Crippen LogP contribution in [0.1, 0.15) is 237 Å². The maximum Gasteiger partial charge on any atom is 0.418 e. The van der Waals surface area contributed by atoms with Crippen molar-refractivity contribution in [2.45, 2.75) is 232 Å². The Bertz CT molecular complexity index is 4260. The normalized spacial score (nSPS) is 16.4. The van der Waals surface area contributed by atoms with Crippen molar-refractivity contribution >= 4 is 62.3 Å². The molecule has 4 aliphatic heterocycles. The van der Waals surface area contributed by atoms with Gasteiger partial charge in [0.2, 0.25) is 11.8 Å². The Labute approximate surface area is 602 Å². The molecule has 6 aromatic carbocycles. The molecule has 8 aromatic rings. The first-order chi connectivity index (χ1) is 46.7. The Hall–Kier alpha value is -7.84. The Morgan fingerprint density at radius 3 is 1.55 bits per heavy atom. The van der Waals surface area contributed by atoms with Gasteiger partial charge < -0.3 is 36.1 Å². The number of rotatable bonds is 4. The zero-order chi connectivity index (χ0) is 74.6. The van der Waals surface area contributed by atoms with Crippen molar-refractivity contribution in [1.82, 2.24) is 19.8 Å². The Morgan fingerprint density at radius 2 is 1.02 bits per heavy atom. The van der Waals surface area contributed by atoms with Crippen LogP contribution in [0.25, 0.3) is 21.8 Å². The highest BCUT2D eigenvalue weighted by atomic mass is 19.4. The van der Waals surface area contributed by atoms with Crippen LogP contribution in [0.5, 0.6) is 0 Å². The standard InChI is InChI=1S/C18H25N3O2.C16H21NO.C14H19N.C14H21N.C13H14F3N.C12H17N/c1-18(2,3)14-7-6-13-8-9-21(15(13)10-14)17(23)12-20(5)16(22)11-19-4;1-11(18)17-10-16(7-8-16)13-6-5-12(9-14(13)17)15(2,3)4;1-13(2,3)10-4-5-11-12(8-10)15-9-14(11)6-7-14;1-13(2,3)10-6-7-11-12(8-10)15-9-14(11,4)5;1-12(2,3)8-4-5-9-10(13(14,15)16)7-17-11(9)6-8;1-12(2,3)10-5-4-9-6-7-13-11(9)8-10/h6-10,19H,11-12H2,1-5H3;5-6,9H,7-8,10H2,1-4H3;4-5,8,15H,6-7,9H2,1-3H3;6-8,15H,9H2,1-5H3;4-7,17H,1-3H3;4-5,8,13H,6-7H2,1-3H3. The monoisotopic (exact) mass is 1380 g/mol. The van der Waals surface area contributed by atoms with E-state index in [1.165, 1.54) is 105 Å². The van der Waals surface area contributed by atoms with E-state index in [2.05, 4.69) is 229 Å². The summed E-state index contributed by atoms with van der Waals surface area (Å²) in [5.74, 6) is -0.0446. The molecule has 544 valence electrons. The lowest BCUT2D eigenvalue weighted by Gasteiger charge is -2.22. The molecule has 0 radical (unpaired) electrons. The van der Waals surface area contributed by atoms with E-state index in [-0.39, 0.29) is 74.1 Å². The molecule has 6 aliphatic rings. The maximum atomic E-state index is 12.7. The van der Waals surface area contributed by atoms with Gasteiger partial charge in [0.1, 0.15) is 6.54 Å². The minimum absolute atomic E-state index is 0.0197.